The van der Waals surface area contributed by atoms with Crippen LogP contribution in [0.25, 0.3) is 10.8 Å². The van der Waals surface area contributed by atoms with Gasteiger partial charge in [-0.3, -0.25) is 4.79 Å². The number of carbonyl (C=O) groups is 1. The Morgan fingerprint density at radius 1 is 0.833 bits per heavy atom. The van der Waals surface area contributed by atoms with Gasteiger partial charge < -0.3 is 4.90 Å². The summed E-state index contributed by atoms with van der Waals surface area (Å²) in [6.07, 6.45) is 3.93. The van der Waals surface area contributed by atoms with Gasteiger partial charge in [0, 0.05) is 31.1 Å². The molecule has 156 valence electrons. The topological polar surface area (TPSA) is 57.7 Å². The van der Waals surface area contributed by atoms with Crippen LogP contribution in [-0.4, -0.2) is 38.8 Å². The first kappa shape index (κ1) is 20.6. The second kappa shape index (κ2) is 8.58. The van der Waals surface area contributed by atoms with E-state index in [1.807, 2.05) is 42.5 Å². The molecule has 0 radical (unpaired) electrons. The van der Waals surface area contributed by atoms with Crippen LogP contribution in [0, 0.1) is 0 Å². The molecular weight excluding hydrogens is 396 g/mol. The van der Waals surface area contributed by atoms with Crippen molar-refractivity contribution in [2.24, 2.45) is 0 Å². The lowest BCUT2D eigenvalue weighted by Crippen LogP contribution is -2.32. The van der Waals surface area contributed by atoms with E-state index in [4.69, 9.17) is 0 Å². The maximum atomic E-state index is 13.1. The SMILES string of the molecule is CN(C(=O)c1ccc(S(=O)(=O)N2CCCCCC2)cc1)c1cccc2ccccc12. The van der Waals surface area contributed by atoms with Gasteiger partial charge in [0.1, 0.15) is 0 Å². The molecule has 6 heteroatoms. The van der Waals surface area contributed by atoms with Gasteiger partial charge in [-0.05, 0) is 48.6 Å². The molecule has 1 heterocycles. The average Bonchev–Trinajstić information content (AvgIpc) is 3.08. The minimum absolute atomic E-state index is 0.176. The molecule has 3 aromatic rings. The van der Waals surface area contributed by atoms with Crippen LogP contribution in [0.1, 0.15) is 36.0 Å². The third kappa shape index (κ3) is 3.98. The van der Waals surface area contributed by atoms with E-state index in [2.05, 4.69) is 0 Å². The Kier molecular flexibility index (Phi) is 5.88. The highest BCUT2D eigenvalue weighted by Crippen LogP contribution is 2.27. The number of amides is 1. The van der Waals surface area contributed by atoms with E-state index in [9.17, 15) is 13.2 Å². The van der Waals surface area contributed by atoms with Crippen molar-refractivity contribution in [2.75, 3.05) is 25.0 Å². The third-order valence-electron chi connectivity index (χ3n) is 5.74. The zero-order chi connectivity index (χ0) is 21.1. The number of hydrogen-bond acceptors (Lipinski definition) is 3. The lowest BCUT2D eigenvalue weighted by atomic mass is 10.1. The Morgan fingerprint density at radius 3 is 2.17 bits per heavy atom. The molecule has 3 aromatic carbocycles. The van der Waals surface area contributed by atoms with E-state index in [0.717, 1.165) is 42.1 Å². The second-order valence-electron chi connectivity index (χ2n) is 7.71. The van der Waals surface area contributed by atoms with Crippen molar-refractivity contribution in [1.82, 2.24) is 4.31 Å². The summed E-state index contributed by atoms with van der Waals surface area (Å²) in [7, 11) is -1.78. The Bertz CT molecular complexity index is 1140. The highest BCUT2D eigenvalue weighted by Gasteiger charge is 2.25. The van der Waals surface area contributed by atoms with Gasteiger partial charge in [0.25, 0.3) is 5.91 Å². The van der Waals surface area contributed by atoms with Crippen LogP contribution >= 0.6 is 0 Å². The lowest BCUT2D eigenvalue weighted by molar-refractivity contribution is 0.0993. The predicted octanol–water partition coefficient (Wildman–Crippen LogP) is 4.68. The highest BCUT2D eigenvalue weighted by molar-refractivity contribution is 7.89. The van der Waals surface area contributed by atoms with E-state index in [0.29, 0.717) is 18.7 Å². The quantitative estimate of drug-likeness (QED) is 0.613. The molecule has 1 amide bonds. The minimum atomic E-state index is -3.52. The van der Waals surface area contributed by atoms with Crippen LogP contribution in [-0.2, 0) is 10.0 Å². The van der Waals surface area contributed by atoms with Crippen molar-refractivity contribution in [3.8, 4) is 0 Å². The summed E-state index contributed by atoms with van der Waals surface area (Å²) in [5.74, 6) is -0.176. The summed E-state index contributed by atoms with van der Waals surface area (Å²) >= 11 is 0. The molecule has 0 aliphatic carbocycles. The number of fused-ring (bicyclic) bond motifs is 1. The second-order valence-corrected chi connectivity index (χ2v) is 9.64. The molecule has 4 rings (SSSR count). The van der Waals surface area contributed by atoms with E-state index >= 15 is 0 Å². The molecule has 5 nitrogen and oxygen atoms in total. The predicted molar refractivity (Wildman–Crippen MR) is 120 cm³/mol. The Hall–Kier alpha value is -2.70. The first-order valence-corrected chi connectivity index (χ1v) is 11.8. The summed E-state index contributed by atoms with van der Waals surface area (Å²) in [4.78, 5) is 14.9. The van der Waals surface area contributed by atoms with E-state index in [1.54, 1.807) is 40.5 Å². The van der Waals surface area contributed by atoms with Crippen LogP contribution in [0.3, 0.4) is 0 Å². The molecule has 0 atom stereocenters. The number of nitrogens with zero attached hydrogens (tertiary/aromatic N) is 2. The van der Waals surface area contributed by atoms with Gasteiger partial charge in [-0.15, -0.1) is 0 Å². The van der Waals surface area contributed by atoms with Crippen LogP contribution in [0.5, 0.6) is 0 Å². The maximum absolute atomic E-state index is 13.1. The fourth-order valence-electron chi connectivity index (χ4n) is 4.00. The number of anilines is 1. The van der Waals surface area contributed by atoms with Crippen molar-refractivity contribution in [2.45, 2.75) is 30.6 Å². The van der Waals surface area contributed by atoms with Crippen LogP contribution in [0.4, 0.5) is 5.69 Å². The van der Waals surface area contributed by atoms with Crippen molar-refractivity contribution in [1.29, 1.82) is 0 Å². The van der Waals surface area contributed by atoms with Crippen LogP contribution in [0.2, 0.25) is 0 Å². The molecule has 0 unspecified atom stereocenters. The van der Waals surface area contributed by atoms with Crippen LogP contribution < -0.4 is 4.90 Å². The Labute approximate surface area is 178 Å². The van der Waals surface area contributed by atoms with E-state index in [-0.39, 0.29) is 10.8 Å². The van der Waals surface area contributed by atoms with Gasteiger partial charge in [-0.1, -0.05) is 49.2 Å². The molecule has 0 spiro atoms. The zero-order valence-corrected chi connectivity index (χ0v) is 17.9. The number of rotatable bonds is 4. The molecule has 1 fully saturated rings. The lowest BCUT2D eigenvalue weighted by Gasteiger charge is -2.21. The summed E-state index contributed by atoms with van der Waals surface area (Å²) in [5.41, 5.74) is 1.28. The fraction of sp³-hybridized carbons (Fsp3) is 0.292. The summed E-state index contributed by atoms with van der Waals surface area (Å²) < 4.78 is 27.5. The zero-order valence-electron chi connectivity index (χ0n) is 17.1. The van der Waals surface area contributed by atoms with Gasteiger partial charge in [0.15, 0.2) is 0 Å². The molecule has 1 saturated heterocycles. The number of hydrogen-bond donors (Lipinski definition) is 0. The summed E-state index contributed by atoms with van der Waals surface area (Å²) in [5, 5.41) is 2.06. The third-order valence-corrected chi connectivity index (χ3v) is 7.65. The van der Waals surface area contributed by atoms with E-state index < -0.39 is 10.0 Å². The summed E-state index contributed by atoms with van der Waals surface area (Å²) in [6, 6.07) is 20.1. The maximum Gasteiger partial charge on any atom is 0.258 e. The molecular formula is C24H26N2O3S. The Balaban J connectivity index is 1.58. The van der Waals surface area contributed by atoms with Crippen molar-refractivity contribution in [3.05, 3.63) is 72.3 Å². The van der Waals surface area contributed by atoms with Gasteiger partial charge in [-0.2, -0.15) is 4.31 Å². The summed E-state index contributed by atoms with van der Waals surface area (Å²) in [6.45, 7) is 1.12. The van der Waals surface area contributed by atoms with Crippen molar-refractivity contribution < 1.29 is 13.2 Å². The number of carbonyl (C=O) groups excluding carboxylic acids is 1. The molecule has 1 aliphatic rings. The molecule has 30 heavy (non-hydrogen) atoms. The minimum Gasteiger partial charge on any atom is -0.311 e. The Morgan fingerprint density at radius 2 is 1.47 bits per heavy atom. The molecule has 0 aromatic heterocycles. The van der Waals surface area contributed by atoms with Gasteiger partial charge >= 0.3 is 0 Å². The smallest absolute Gasteiger partial charge is 0.258 e. The molecule has 0 saturated carbocycles. The highest BCUT2D eigenvalue weighted by atomic mass is 32.2. The normalized spacial score (nSPS) is 15.6. The fourth-order valence-corrected chi connectivity index (χ4v) is 5.52. The first-order chi connectivity index (χ1) is 14.5. The average molecular weight is 423 g/mol. The monoisotopic (exact) mass is 422 g/mol. The van der Waals surface area contributed by atoms with Crippen LogP contribution in [0.15, 0.2) is 71.6 Å². The number of benzene rings is 3. The standard InChI is InChI=1S/C24H26N2O3S/c1-25(23-12-8-10-19-9-4-5-11-22(19)23)24(27)20-13-15-21(16-14-20)30(28,29)26-17-6-2-3-7-18-26/h4-5,8-16H,2-3,6-7,17-18H2,1H3. The first-order valence-electron chi connectivity index (χ1n) is 10.3. The van der Waals surface area contributed by atoms with E-state index in [1.165, 1.54) is 0 Å². The molecule has 1 aliphatic heterocycles. The van der Waals surface area contributed by atoms with Gasteiger partial charge in [0.05, 0.1) is 10.6 Å². The largest absolute Gasteiger partial charge is 0.311 e. The van der Waals surface area contributed by atoms with Crippen molar-refractivity contribution >= 4 is 32.4 Å². The number of sulfonamides is 1. The van der Waals surface area contributed by atoms with Crippen molar-refractivity contribution in [3.63, 3.8) is 0 Å². The van der Waals surface area contributed by atoms with Gasteiger partial charge in [-0.25, -0.2) is 8.42 Å². The molecule has 0 N–H and O–H groups in total. The molecule has 0 bridgehead atoms. The van der Waals surface area contributed by atoms with Gasteiger partial charge in [0.2, 0.25) is 10.0 Å².